The maximum Gasteiger partial charge on any atom is 0.239 e. The molecule has 1 saturated carbocycles. The number of hydrogen-bond acceptors (Lipinski definition) is 3. The molecule has 0 spiro atoms. The predicted octanol–water partition coefficient (Wildman–Crippen LogP) is 5.80. The highest BCUT2D eigenvalue weighted by atomic mass is 19.3. The van der Waals surface area contributed by atoms with Crippen molar-refractivity contribution in [2.24, 2.45) is 22.5 Å². The van der Waals surface area contributed by atoms with Gasteiger partial charge in [-0.15, -0.1) is 0 Å². The molecule has 6 rings (SSSR count). The summed E-state index contributed by atoms with van der Waals surface area (Å²) in [5.74, 6) is -2.11. The van der Waals surface area contributed by atoms with Crippen molar-refractivity contribution in [3.05, 3.63) is 90.4 Å². The minimum absolute atomic E-state index is 0.359. The molecule has 2 N–H and O–H groups in total. The second kappa shape index (κ2) is 8.97. The van der Waals surface area contributed by atoms with E-state index in [1.54, 1.807) is 53.0 Å². The Morgan fingerprint density at radius 1 is 1.05 bits per heavy atom. The molecule has 2 amide bonds. The van der Waals surface area contributed by atoms with Gasteiger partial charge >= 0.3 is 0 Å². The standard InChI is InChI=1S/C30H27F3N4O2/c1-29(16-24(32)33)26(30(13-14-30)27(34)38)25(18-5-3-2-4-6-18)36(28(29)39)22-11-12-23-19(15-22)17-35-37(23)21-9-7-20(31)8-10-21/h2-12,15,17,24-26H,13-14,16H2,1H3,(H2,34,38)/t25-,26-,29-/m0/s1. The first-order chi connectivity index (χ1) is 18.7. The lowest BCUT2D eigenvalue weighted by molar-refractivity contribution is -0.134. The fourth-order valence-corrected chi connectivity index (χ4v) is 6.55. The van der Waals surface area contributed by atoms with E-state index in [9.17, 15) is 22.8 Å². The Labute approximate surface area is 223 Å². The quantitative estimate of drug-likeness (QED) is 0.327. The van der Waals surface area contributed by atoms with Crippen LogP contribution in [0.25, 0.3) is 16.6 Å². The second-order valence-electron chi connectivity index (χ2n) is 10.8. The van der Waals surface area contributed by atoms with Crippen molar-refractivity contribution < 1.29 is 22.8 Å². The molecule has 3 atom stereocenters. The largest absolute Gasteiger partial charge is 0.369 e. The summed E-state index contributed by atoms with van der Waals surface area (Å²) in [4.78, 5) is 28.6. The fourth-order valence-electron chi connectivity index (χ4n) is 6.55. The van der Waals surface area contributed by atoms with Crippen molar-refractivity contribution in [2.75, 3.05) is 4.90 Å². The third-order valence-corrected chi connectivity index (χ3v) is 8.48. The monoisotopic (exact) mass is 532 g/mol. The average molecular weight is 533 g/mol. The van der Waals surface area contributed by atoms with Gasteiger partial charge in [-0.2, -0.15) is 5.10 Å². The lowest BCUT2D eigenvalue weighted by Gasteiger charge is -2.36. The van der Waals surface area contributed by atoms with E-state index in [1.807, 2.05) is 30.3 Å². The normalized spacial score (nSPS) is 24.0. The van der Waals surface area contributed by atoms with Gasteiger partial charge in [0.05, 0.1) is 34.3 Å². The molecule has 0 radical (unpaired) electrons. The minimum Gasteiger partial charge on any atom is -0.369 e. The third-order valence-electron chi connectivity index (χ3n) is 8.48. The number of fused-ring (bicyclic) bond motifs is 1. The van der Waals surface area contributed by atoms with Gasteiger partial charge in [0, 0.05) is 23.4 Å². The number of anilines is 1. The molecular formula is C30H27F3N4O2. The van der Waals surface area contributed by atoms with Crippen LogP contribution in [0.4, 0.5) is 18.9 Å². The molecule has 0 bridgehead atoms. The van der Waals surface area contributed by atoms with E-state index in [4.69, 9.17) is 5.73 Å². The van der Waals surface area contributed by atoms with Crippen LogP contribution in [0.15, 0.2) is 79.0 Å². The molecule has 0 unspecified atom stereocenters. The van der Waals surface area contributed by atoms with Gasteiger partial charge in [-0.05, 0) is 60.9 Å². The molecule has 9 heteroatoms. The topological polar surface area (TPSA) is 81.2 Å². The van der Waals surface area contributed by atoms with Gasteiger partial charge < -0.3 is 10.6 Å². The molecule has 6 nitrogen and oxygen atoms in total. The van der Waals surface area contributed by atoms with E-state index in [0.717, 1.165) is 11.1 Å². The molecule has 39 heavy (non-hydrogen) atoms. The first-order valence-electron chi connectivity index (χ1n) is 12.9. The van der Waals surface area contributed by atoms with Crippen LogP contribution < -0.4 is 10.6 Å². The Hall–Kier alpha value is -4.14. The van der Waals surface area contributed by atoms with E-state index in [1.165, 1.54) is 12.1 Å². The average Bonchev–Trinajstić information content (AvgIpc) is 3.55. The predicted molar refractivity (Wildman–Crippen MR) is 141 cm³/mol. The number of alkyl halides is 2. The molecule has 2 heterocycles. The lowest BCUT2D eigenvalue weighted by Crippen LogP contribution is -2.43. The zero-order chi connectivity index (χ0) is 27.5. The number of benzene rings is 3. The molecule has 4 aromatic rings. The molecule has 200 valence electrons. The molecular weight excluding hydrogens is 505 g/mol. The number of halogens is 3. The Morgan fingerprint density at radius 3 is 2.33 bits per heavy atom. The van der Waals surface area contributed by atoms with Crippen molar-refractivity contribution in [1.82, 2.24) is 9.78 Å². The summed E-state index contributed by atoms with van der Waals surface area (Å²) < 4.78 is 43.2. The zero-order valence-electron chi connectivity index (χ0n) is 21.2. The summed E-state index contributed by atoms with van der Waals surface area (Å²) in [6.45, 7) is 1.55. The minimum atomic E-state index is -2.74. The molecule has 1 aliphatic carbocycles. The summed E-state index contributed by atoms with van der Waals surface area (Å²) in [5.41, 5.74) is 6.01. The number of carbonyl (C=O) groups is 2. The van der Waals surface area contributed by atoms with E-state index in [-0.39, 0.29) is 5.82 Å². The summed E-state index contributed by atoms with van der Waals surface area (Å²) in [6, 6.07) is 19.8. The molecule has 1 saturated heterocycles. The Morgan fingerprint density at radius 2 is 1.72 bits per heavy atom. The van der Waals surface area contributed by atoms with Crippen molar-refractivity contribution >= 4 is 28.4 Å². The number of primary amides is 1. The van der Waals surface area contributed by atoms with E-state index in [0.29, 0.717) is 29.6 Å². The fraction of sp³-hybridized carbons (Fsp3) is 0.300. The molecule has 2 fully saturated rings. The Balaban J connectivity index is 1.51. The number of rotatable bonds is 7. The lowest BCUT2D eigenvalue weighted by atomic mass is 9.65. The van der Waals surface area contributed by atoms with Crippen LogP contribution in [0.3, 0.4) is 0 Å². The number of nitrogens with two attached hydrogens (primary N) is 1. The Bertz CT molecular complexity index is 1570. The van der Waals surface area contributed by atoms with Gasteiger partial charge in [0.15, 0.2) is 0 Å². The first kappa shape index (κ1) is 25.2. The zero-order valence-corrected chi connectivity index (χ0v) is 21.2. The van der Waals surface area contributed by atoms with Crippen molar-refractivity contribution in [2.45, 2.75) is 38.7 Å². The number of amides is 2. The number of aromatic nitrogens is 2. The summed E-state index contributed by atoms with van der Waals surface area (Å²) in [6.07, 6.45) is -0.852. The van der Waals surface area contributed by atoms with E-state index >= 15 is 0 Å². The van der Waals surface area contributed by atoms with Crippen molar-refractivity contribution in [1.29, 1.82) is 0 Å². The second-order valence-corrected chi connectivity index (χ2v) is 10.8. The summed E-state index contributed by atoms with van der Waals surface area (Å²) in [5, 5.41) is 5.16. The van der Waals surface area contributed by atoms with Gasteiger partial charge in [0.1, 0.15) is 5.82 Å². The van der Waals surface area contributed by atoms with Crippen LogP contribution in [0.1, 0.15) is 37.8 Å². The molecule has 3 aromatic carbocycles. The van der Waals surface area contributed by atoms with Crippen LogP contribution in [0.2, 0.25) is 0 Å². The van der Waals surface area contributed by atoms with E-state index in [2.05, 4.69) is 5.10 Å². The SMILES string of the molecule is C[C@@]1(CC(F)F)C(=O)N(c2ccc3c(cnn3-c3ccc(F)cc3)c2)[C@@H](c2ccccc2)[C@@H]1C1(C(N)=O)CC1. The molecule has 1 aromatic heterocycles. The molecule has 1 aliphatic heterocycles. The number of nitrogens with zero attached hydrogens (tertiary/aromatic N) is 3. The summed E-state index contributed by atoms with van der Waals surface area (Å²) >= 11 is 0. The maximum atomic E-state index is 14.2. The van der Waals surface area contributed by atoms with Crippen LogP contribution in [-0.4, -0.2) is 28.0 Å². The van der Waals surface area contributed by atoms with Crippen molar-refractivity contribution in [3.8, 4) is 5.69 Å². The first-order valence-corrected chi connectivity index (χ1v) is 12.9. The number of carbonyl (C=O) groups excluding carboxylic acids is 2. The van der Waals surface area contributed by atoms with Crippen LogP contribution in [-0.2, 0) is 9.59 Å². The maximum absolute atomic E-state index is 14.2. The van der Waals surface area contributed by atoms with Gasteiger partial charge in [0.2, 0.25) is 18.2 Å². The highest BCUT2D eigenvalue weighted by Gasteiger charge is 2.70. The van der Waals surface area contributed by atoms with Gasteiger partial charge in [-0.3, -0.25) is 9.59 Å². The Kier molecular flexibility index (Phi) is 5.78. The van der Waals surface area contributed by atoms with Crippen LogP contribution >= 0.6 is 0 Å². The van der Waals surface area contributed by atoms with Gasteiger partial charge in [0.25, 0.3) is 0 Å². The van der Waals surface area contributed by atoms with Crippen LogP contribution in [0, 0.1) is 22.6 Å². The van der Waals surface area contributed by atoms with Crippen LogP contribution in [0.5, 0.6) is 0 Å². The van der Waals surface area contributed by atoms with Gasteiger partial charge in [-0.25, -0.2) is 17.9 Å². The van der Waals surface area contributed by atoms with E-state index < -0.39 is 47.5 Å². The number of hydrogen-bond donors (Lipinski definition) is 1. The molecule has 2 aliphatic rings. The highest BCUT2D eigenvalue weighted by molar-refractivity contribution is 6.04. The third kappa shape index (κ3) is 3.90. The highest BCUT2D eigenvalue weighted by Crippen LogP contribution is 2.67. The van der Waals surface area contributed by atoms with Crippen molar-refractivity contribution in [3.63, 3.8) is 0 Å². The smallest absolute Gasteiger partial charge is 0.239 e. The summed E-state index contributed by atoms with van der Waals surface area (Å²) in [7, 11) is 0. The van der Waals surface area contributed by atoms with Gasteiger partial charge in [-0.1, -0.05) is 37.3 Å².